The third kappa shape index (κ3) is 10.6. The van der Waals surface area contributed by atoms with Crippen molar-refractivity contribution in [1.29, 1.82) is 0 Å². The summed E-state index contributed by atoms with van der Waals surface area (Å²) in [6.07, 6.45) is 4.52. The lowest BCUT2D eigenvalue weighted by Crippen LogP contribution is -2.24. The minimum absolute atomic E-state index is 0.355. The zero-order valence-electron chi connectivity index (χ0n) is 17.9. The van der Waals surface area contributed by atoms with E-state index in [9.17, 15) is 14.7 Å². The number of carboxylic acid groups (broad SMARTS) is 1. The van der Waals surface area contributed by atoms with Gasteiger partial charge >= 0.3 is 5.97 Å². The van der Waals surface area contributed by atoms with Crippen LogP contribution in [-0.4, -0.2) is 43.3 Å². The zero-order valence-corrected chi connectivity index (χ0v) is 17.9. The smallest absolute Gasteiger partial charge is 0.332 e. The van der Waals surface area contributed by atoms with Crippen LogP contribution in [0.15, 0.2) is 54.6 Å². The topological polar surface area (TPSA) is 82.1 Å². The zero-order chi connectivity index (χ0) is 22.2. The molecule has 1 N–H and O–H groups in total. The highest BCUT2D eigenvalue weighted by molar-refractivity contribution is 5.72. The van der Waals surface area contributed by atoms with Crippen LogP contribution in [0.2, 0.25) is 0 Å². The molecule has 168 valence electrons. The molecule has 1 unspecified atom stereocenters. The number of carbonyl (C=O) groups excluding carboxylic acids is 1. The second kappa shape index (κ2) is 15.0. The first kappa shape index (κ1) is 24.4. The van der Waals surface area contributed by atoms with E-state index in [4.69, 9.17) is 14.2 Å². The van der Waals surface area contributed by atoms with Crippen molar-refractivity contribution in [2.75, 3.05) is 19.8 Å². The van der Waals surface area contributed by atoms with E-state index < -0.39 is 12.1 Å². The number of ether oxygens (including phenoxy) is 3. The molecule has 0 heterocycles. The summed E-state index contributed by atoms with van der Waals surface area (Å²) in [5, 5.41) is 9.18. The Hall–Kier alpha value is -2.86. The normalized spacial score (nSPS) is 11.6. The van der Waals surface area contributed by atoms with Crippen LogP contribution in [-0.2, 0) is 20.7 Å². The Kier molecular flexibility index (Phi) is 11.8. The first-order chi connectivity index (χ1) is 15.2. The molecule has 1 atom stereocenters. The van der Waals surface area contributed by atoms with E-state index in [0.29, 0.717) is 39.1 Å². The fraction of sp³-hybridized carbons (Fsp3) is 0.440. The largest absolute Gasteiger partial charge is 0.494 e. The van der Waals surface area contributed by atoms with Crippen LogP contribution in [0.4, 0.5) is 0 Å². The molecule has 6 heteroatoms. The van der Waals surface area contributed by atoms with Crippen LogP contribution >= 0.6 is 0 Å². The van der Waals surface area contributed by atoms with Crippen molar-refractivity contribution in [3.05, 3.63) is 60.2 Å². The van der Waals surface area contributed by atoms with Gasteiger partial charge in [-0.2, -0.15) is 0 Å². The number of hydrogen-bond acceptors (Lipinski definition) is 5. The van der Waals surface area contributed by atoms with E-state index >= 15 is 0 Å². The van der Waals surface area contributed by atoms with Crippen LogP contribution in [0.1, 0.15) is 44.1 Å². The summed E-state index contributed by atoms with van der Waals surface area (Å²) in [6.45, 7) is 1.66. The van der Waals surface area contributed by atoms with Gasteiger partial charge in [0.05, 0.1) is 13.2 Å². The molecule has 0 radical (unpaired) electrons. The molecule has 0 fully saturated rings. The number of aryl methyl sites for hydroxylation is 1. The van der Waals surface area contributed by atoms with Gasteiger partial charge < -0.3 is 24.1 Å². The summed E-state index contributed by atoms with van der Waals surface area (Å²) in [4.78, 5) is 21.6. The average molecular weight is 429 g/mol. The van der Waals surface area contributed by atoms with Gasteiger partial charge in [-0.3, -0.25) is 0 Å². The third-order valence-electron chi connectivity index (χ3n) is 4.71. The third-order valence-corrected chi connectivity index (χ3v) is 4.71. The maximum Gasteiger partial charge on any atom is 0.332 e. The Morgan fingerprint density at radius 2 is 1.58 bits per heavy atom. The lowest BCUT2D eigenvalue weighted by molar-refractivity contribution is -0.151. The number of aliphatic carboxylic acids is 1. The van der Waals surface area contributed by atoms with Crippen molar-refractivity contribution in [3.8, 4) is 11.5 Å². The molecule has 0 amide bonds. The minimum atomic E-state index is -0.976. The summed E-state index contributed by atoms with van der Waals surface area (Å²) < 4.78 is 17.0. The second-order valence-corrected chi connectivity index (χ2v) is 7.26. The standard InChI is InChI=1S/C25H32O6/c26-16-5-4-15-24(25(27)28)31-19-9-11-21-10-8-14-23(20-21)30-18-7-6-17-29-22-12-2-1-3-13-22/h1-3,8,10,12-14,16,20,24H,4-7,9,11,15,17-19H2,(H,27,28). The molecule has 0 aliphatic heterocycles. The number of hydrogen-bond donors (Lipinski definition) is 1. The van der Waals surface area contributed by atoms with Crippen molar-refractivity contribution >= 4 is 12.3 Å². The number of unbranched alkanes of at least 4 members (excludes halogenated alkanes) is 2. The summed E-state index contributed by atoms with van der Waals surface area (Å²) in [5.74, 6) is 0.742. The Bertz CT molecular complexity index is 762. The molecule has 0 saturated heterocycles. The van der Waals surface area contributed by atoms with Gasteiger partial charge in [-0.25, -0.2) is 4.79 Å². The molecule has 6 nitrogen and oxygen atoms in total. The van der Waals surface area contributed by atoms with Crippen LogP contribution in [0.3, 0.4) is 0 Å². The van der Waals surface area contributed by atoms with E-state index in [-0.39, 0.29) is 0 Å². The van der Waals surface area contributed by atoms with E-state index in [1.165, 1.54) is 0 Å². The molecule has 0 aliphatic rings. The summed E-state index contributed by atoms with van der Waals surface area (Å²) in [6, 6.07) is 17.7. The first-order valence-electron chi connectivity index (χ1n) is 10.9. The van der Waals surface area contributed by atoms with Gasteiger partial charge in [0.1, 0.15) is 17.8 Å². The quantitative estimate of drug-likeness (QED) is 0.291. The highest BCUT2D eigenvalue weighted by Crippen LogP contribution is 2.16. The Balaban J connectivity index is 1.60. The summed E-state index contributed by atoms with van der Waals surface area (Å²) >= 11 is 0. The van der Waals surface area contributed by atoms with Crippen LogP contribution < -0.4 is 9.47 Å². The molecule has 0 spiro atoms. The lowest BCUT2D eigenvalue weighted by Gasteiger charge is -2.13. The van der Waals surface area contributed by atoms with E-state index in [1.807, 2.05) is 54.6 Å². The number of benzene rings is 2. The number of rotatable bonds is 17. The van der Waals surface area contributed by atoms with Gasteiger partial charge in [-0.15, -0.1) is 0 Å². The summed E-state index contributed by atoms with van der Waals surface area (Å²) in [7, 11) is 0. The molecule has 2 aromatic rings. The molecule has 0 aromatic heterocycles. The number of carbonyl (C=O) groups is 2. The van der Waals surface area contributed by atoms with Gasteiger partial charge in [0.15, 0.2) is 6.10 Å². The van der Waals surface area contributed by atoms with Gasteiger partial charge in [0, 0.05) is 13.0 Å². The van der Waals surface area contributed by atoms with E-state index in [2.05, 4.69) is 0 Å². The number of aldehydes is 1. The molecular formula is C25H32O6. The van der Waals surface area contributed by atoms with Gasteiger partial charge in [-0.05, 0) is 68.4 Å². The second-order valence-electron chi connectivity index (χ2n) is 7.26. The SMILES string of the molecule is O=CCCCC(OCCCc1cccc(OCCCCOc2ccccc2)c1)C(=O)O. The lowest BCUT2D eigenvalue weighted by atomic mass is 10.1. The number of para-hydroxylation sites is 1. The van der Waals surface area contributed by atoms with Gasteiger partial charge in [0.2, 0.25) is 0 Å². The molecule has 0 aliphatic carbocycles. The molecule has 2 aromatic carbocycles. The van der Waals surface area contributed by atoms with E-state index in [1.54, 1.807) is 0 Å². The predicted octanol–water partition coefficient (Wildman–Crippen LogP) is 4.70. The highest BCUT2D eigenvalue weighted by atomic mass is 16.5. The minimum Gasteiger partial charge on any atom is -0.494 e. The maximum atomic E-state index is 11.2. The monoisotopic (exact) mass is 428 g/mol. The molecule has 2 rings (SSSR count). The van der Waals surface area contributed by atoms with Crippen molar-refractivity contribution in [3.63, 3.8) is 0 Å². The molecule has 0 saturated carbocycles. The predicted molar refractivity (Wildman–Crippen MR) is 119 cm³/mol. The summed E-state index contributed by atoms with van der Waals surface area (Å²) in [5.41, 5.74) is 1.13. The molecule has 0 bridgehead atoms. The van der Waals surface area contributed by atoms with Crippen molar-refractivity contribution in [1.82, 2.24) is 0 Å². The van der Waals surface area contributed by atoms with Crippen LogP contribution in [0, 0.1) is 0 Å². The van der Waals surface area contributed by atoms with Crippen molar-refractivity contribution < 1.29 is 28.9 Å². The van der Waals surface area contributed by atoms with E-state index in [0.717, 1.165) is 49.0 Å². The molecular weight excluding hydrogens is 396 g/mol. The van der Waals surface area contributed by atoms with Crippen molar-refractivity contribution in [2.45, 2.75) is 51.0 Å². The maximum absolute atomic E-state index is 11.2. The van der Waals surface area contributed by atoms with Crippen LogP contribution in [0.5, 0.6) is 11.5 Å². The number of carboxylic acids is 1. The van der Waals surface area contributed by atoms with Crippen LogP contribution in [0.25, 0.3) is 0 Å². The first-order valence-corrected chi connectivity index (χ1v) is 10.9. The average Bonchev–Trinajstić information content (AvgIpc) is 2.78. The Morgan fingerprint density at radius 1 is 0.871 bits per heavy atom. The van der Waals surface area contributed by atoms with Crippen molar-refractivity contribution in [2.24, 2.45) is 0 Å². The molecule has 31 heavy (non-hydrogen) atoms. The Labute approximate surface area is 184 Å². The fourth-order valence-electron chi connectivity index (χ4n) is 3.06. The van der Waals surface area contributed by atoms with Gasteiger partial charge in [-0.1, -0.05) is 30.3 Å². The van der Waals surface area contributed by atoms with Gasteiger partial charge in [0.25, 0.3) is 0 Å². The fourth-order valence-corrected chi connectivity index (χ4v) is 3.06. The Morgan fingerprint density at radius 3 is 2.29 bits per heavy atom. The highest BCUT2D eigenvalue weighted by Gasteiger charge is 2.17.